The van der Waals surface area contributed by atoms with E-state index in [-0.39, 0.29) is 36.7 Å². The van der Waals surface area contributed by atoms with Crippen molar-refractivity contribution in [2.75, 3.05) is 0 Å². The van der Waals surface area contributed by atoms with E-state index in [0.717, 1.165) is 36.3 Å². The van der Waals surface area contributed by atoms with Crippen molar-refractivity contribution in [1.29, 1.82) is 10.8 Å². The monoisotopic (exact) mass is 492 g/mol. The molecule has 30 heavy (non-hydrogen) atoms. The fraction of sp³-hybridized carbons (Fsp3) is 0.300. The third-order valence-corrected chi connectivity index (χ3v) is 4.97. The number of nitrogens with two attached hydrogens (primary N) is 2. The van der Waals surface area contributed by atoms with E-state index >= 15 is 0 Å². The maximum Gasteiger partial charge on any atom is 0.187 e. The molecule has 0 bridgehead atoms. The number of hydrogen-bond acceptors (Lipinski definition) is 2. The molecule has 0 fully saturated rings. The lowest BCUT2D eigenvalue weighted by Gasteiger charge is -2.37. The van der Waals surface area contributed by atoms with Crippen molar-refractivity contribution in [3.05, 3.63) is 69.7 Å². The Morgan fingerprint density at radius 3 is 1.70 bits per heavy atom. The van der Waals surface area contributed by atoms with Crippen LogP contribution in [0.4, 0.5) is 0 Å². The van der Waals surface area contributed by atoms with Crippen LogP contribution in [0.1, 0.15) is 36.8 Å². The van der Waals surface area contributed by atoms with Crippen LogP contribution in [0.15, 0.2) is 48.5 Å². The molecule has 2 rings (SSSR count). The van der Waals surface area contributed by atoms with Gasteiger partial charge in [0.05, 0.1) is 0 Å². The first-order valence-electron chi connectivity index (χ1n) is 9.06. The van der Waals surface area contributed by atoms with Gasteiger partial charge in [-0.3, -0.25) is 10.8 Å². The maximum absolute atomic E-state index is 7.71. The average Bonchev–Trinajstić information content (AvgIpc) is 2.62. The zero-order valence-electron chi connectivity index (χ0n) is 16.4. The minimum atomic E-state index is -0.942. The van der Waals surface area contributed by atoms with Gasteiger partial charge < -0.3 is 22.1 Å². The van der Waals surface area contributed by atoms with Gasteiger partial charge >= 0.3 is 0 Å². The fourth-order valence-corrected chi connectivity index (χ4v) is 3.44. The second-order valence-corrected chi connectivity index (χ2v) is 7.55. The van der Waals surface area contributed by atoms with Gasteiger partial charge in [0, 0.05) is 10.0 Å². The van der Waals surface area contributed by atoms with E-state index in [9.17, 15) is 0 Å². The van der Waals surface area contributed by atoms with Crippen LogP contribution in [-0.4, -0.2) is 11.9 Å². The Hall–Kier alpha value is -1.86. The van der Waals surface area contributed by atoms with Crippen molar-refractivity contribution in [2.45, 2.75) is 37.8 Å². The quantitative estimate of drug-likeness (QED) is 0.130. The van der Waals surface area contributed by atoms with Crippen LogP contribution in [0.3, 0.4) is 0 Å². The number of aryl methyl sites for hydroxylation is 1. The van der Waals surface area contributed by atoms with E-state index in [1.807, 2.05) is 36.4 Å². The van der Waals surface area contributed by atoms with Crippen molar-refractivity contribution in [1.82, 2.24) is 10.6 Å². The van der Waals surface area contributed by atoms with Crippen molar-refractivity contribution < 1.29 is 0 Å². The summed E-state index contributed by atoms with van der Waals surface area (Å²) in [6.45, 7) is 0. The molecule has 0 aliphatic carbocycles. The summed E-state index contributed by atoms with van der Waals surface area (Å²) in [4.78, 5) is 0. The first-order valence-corrected chi connectivity index (χ1v) is 9.81. The Morgan fingerprint density at radius 2 is 1.23 bits per heavy atom. The lowest BCUT2D eigenvalue weighted by Crippen LogP contribution is -2.60. The van der Waals surface area contributed by atoms with E-state index in [1.54, 1.807) is 12.1 Å². The Bertz CT molecular complexity index is 780. The molecule has 2 aromatic carbocycles. The topological polar surface area (TPSA) is 124 Å². The van der Waals surface area contributed by atoms with Gasteiger partial charge in [0.2, 0.25) is 0 Å². The minimum Gasteiger partial charge on any atom is -0.370 e. The third-order valence-electron chi connectivity index (χ3n) is 4.46. The number of rotatable bonds is 9. The summed E-state index contributed by atoms with van der Waals surface area (Å²) in [5.41, 5.74) is 12.4. The van der Waals surface area contributed by atoms with Crippen LogP contribution in [0.25, 0.3) is 0 Å². The lowest BCUT2D eigenvalue weighted by atomic mass is 9.92. The summed E-state index contributed by atoms with van der Waals surface area (Å²) in [7, 11) is 0. The van der Waals surface area contributed by atoms with Gasteiger partial charge in [-0.25, -0.2) is 0 Å². The SMILES string of the molecule is Cl.Cl.N=C(N)NC(CCCCCc1ccc(Cl)cc1)(NC(=N)N)c1ccc(Cl)cc1. The van der Waals surface area contributed by atoms with Crippen molar-refractivity contribution in [2.24, 2.45) is 11.5 Å². The summed E-state index contributed by atoms with van der Waals surface area (Å²) in [6, 6.07) is 15.1. The molecule has 0 aliphatic heterocycles. The van der Waals surface area contributed by atoms with Crippen molar-refractivity contribution >= 4 is 59.9 Å². The molecule has 0 heterocycles. The van der Waals surface area contributed by atoms with Gasteiger partial charge in [0.1, 0.15) is 5.66 Å². The highest BCUT2D eigenvalue weighted by Crippen LogP contribution is 2.26. The Kier molecular flexibility index (Phi) is 12.6. The molecule has 0 radical (unpaired) electrons. The molecule has 6 nitrogen and oxygen atoms in total. The zero-order valence-corrected chi connectivity index (χ0v) is 19.5. The summed E-state index contributed by atoms with van der Waals surface area (Å²) < 4.78 is 0. The normalized spacial score (nSPS) is 11.9. The highest BCUT2D eigenvalue weighted by atomic mass is 35.5. The second-order valence-electron chi connectivity index (χ2n) is 6.68. The standard InChI is InChI=1S/C20H26Cl2N6.2ClH/c21-16-9-5-14(6-10-16)4-2-1-3-13-20(27-18(23)24,28-19(25)26)15-7-11-17(22)12-8-15;;/h5-12H,1-4,13H2,(H4,23,24,27)(H4,25,26,28);2*1H. The molecule has 0 aliphatic rings. The number of hydrogen-bond donors (Lipinski definition) is 6. The maximum atomic E-state index is 7.71. The number of benzene rings is 2. The van der Waals surface area contributed by atoms with Crippen molar-refractivity contribution in [3.63, 3.8) is 0 Å². The van der Waals surface area contributed by atoms with Crippen LogP contribution in [0.2, 0.25) is 10.0 Å². The van der Waals surface area contributed by atoms with Gasteiger partial charge in [-0.1, -0.05) is 53.9 Å². The van der Waals surface area contributed by atoms with E-state index in [0.29, 0.717) is 11.4 Å². The highest BCUT2D eigenvalue weighted by Gasteiger charge is 2.32. The van der Waals surface area contributed by atoms with Gasteiger partial charge in [-0.15, -0.1) is 24.8 Å². The molecule has 0 atom stereocenters. The first-order chi connectivity index (χ1) is 13.3. The van der Waals surface area contributed by atoms with E-state index < -0.39 is 5.66 Å². The Labute approximate surface area is 199 Å². The van der Waals surface area contributed by atoms with Gasteiger partial charge in [0.25, 0.3) is 0 Å². The number of nitrogens with one attached hydrogen (secondary N) is 4. The zero-order chi connectivity index (χ0) is 20.6. The average molecular weight is 494 g/mol. The molecule has 166 valence electrons. The van der Waals surface area contributed by atoms with Crippen LogP contribution in [-0.2, 0) is 12.1 Å². The van der Waals surface area contributed by atoms with E-state index in [2.05, 4.69) is 10.6 Å². The van der Waals surface area contributed by atoms with E-state index in [1.165, 1.54) is 5.56 Å². The number of halogens is 4. The summed E-state index contributed by atoms with van der Waals surface area (Å²) in [5, 5.41) is 22.7. The van der Waals surface area contributed by atoms with Crippen molar-refractivity contribution in [3.8, 4) is 0 Å². The van der Waals surface area contributed by atoms with Gasteiger partial charge in [-0.05, 0) is 61.1 Å². The Morgan fingerprint density at radius 1 is 0.767 bits per heavy atom. The number of unbranched alkanes of at least 4 members (excludes halogenated alkanes) is 2. The summed E-state index contributed by atoms with van der Waals surface area (Å²) in [6.07, 6.45) is 4.38. The minimum absolute atomic E-state index is 0. The molecule has 0 aromatic heterocycles. The number of guanidine groups is 2. The van der Waals surface area contributed by atoms with Gasteiger partial charge in [0.15, 0.2) is 11.9 Å². The molecule has 0 amide bonds. The molecule has 0 unspecified atom stereocenters. The third kappa shape index (κ3) is 8.88. The first kappa shape index (κ1) is 28.1. The fourth-order valence-electron chi connectivity index (χ4n) is 3.19. The molecular weight excluding hydrogens is 466 g/mol. The molecule has 2 aromatic rings. The second kappa shape index (κ2) is 13.4. The predicted octanol–water partition coefficient (Wildman–Crippen LogP) is 4.76. The summed E-state index contributed by atoms with van der Waals surface area (Å²) >= 11 is 11.9. The van der Waals surface area contributed by atoms with Crippen LogP contribution >= 0.6 is 48.0 Å². The summed E-state index contributed by atoms with van der Waals surface area (Å²) in [5.74, 6) is -0.408. The molecular formula is C20H28Cl4N6. The van der Waals surface area contributed by atoms with E-state index in [4.69, 9.17) is 45.5 Å². The predicted molar refractivity (Wildman–Crippen MR) is 131 cm³/mol. The molecule has 0 spiro atoms. The lowest BCUT2D eigenvalue weighted by molar-refractivity contribution is 0.314. The Balaban J connectivity index is 0.00000420. The molecule has 8 N–H and O–H groups in total. The van der Waals surface area contributed by atoms with Crippen LogP contribution in [0.5, 0.6) is 0 Å². The van der Waals surface area contributed by atoms with Gasteiger partial charge in [-0.2, -0.15) is 0 Å². The largest absolute Gasteiger partial charge is 0.370 e. The smallest absolute Gasteiger partial charge is 0.187 e. The van der Waals surface area contributed by atoms with Crippen LogP contribution < -0.4 is 22.1 Å². The molecule has 0 saturated heterocycles. The van der Waals surface area contributed by atoms with Crippen LogP contribution in [0, 0.1) is 10.8 Å². The highest BCUT2D eigenvalue weighted by molar-refractivity contribution is 6.30. The molecule has 10 heteroatoms. The molecule has 0 saturated carbocycles.